The molecule has 0 spiro atoms. The standard InChI is InChI=1S/C20H18F6O3/c1-2-3-11-9-27-19(28-10-11)13-5-6-14(18(24)17(13)23)20(25,26)29-12-4-7-15(21)16(22)8-12/h4-8,11,19H,2-3,9-10H2,1H3. The summed E-state index contributed by atoms with van der Waals surface area (Å²) in [4.78, 5) is 0. The normalized spacial score (nSPS) is 20.0. The Bertz CT molecular complexity index is 866. The van der Waals surface area contributed by atoms with Gasteiger partial charge in [-0.25, -0.2) is 17.6 Å². The molecule has 1 fully saturated rings. The highest BCUT2D eigenvalue weighted by Crippen LogP contribution is 2.37. The molecule has 3 nitrogen and oxygen atoms in total. The van der Waals surface area contributed by atoms with E-state index in [1.165, 1.54) is 0 Å². The van der Waals surface area contributed by atoms with Crippen LogP contribution in [0.3, 0.4) is 0 Å². The maximum Gasteiger partial charge on any atom is 0.429 e. The van der Waals surface area contributed by atoms with Crippen molar-refractivity contribution < 1.29 is 40.6 Å². The van der Waals surface area contributed by atoms with Gasteiger partial charge in [0.2, 0.25) is 0 Å². The number of rotatable bonds is 6. The minimum absolute atomic E-state index is 0.122. The number of hydrogen-bond donors (Lipinski definition) is 0. The zero-order valence-electron chi connectivity index (χ0n) is 15.4. The fourth-order valence-electron chi connectivity index (χ4n) is 3.01. The Hall–Kier alpha value is -2.26. The molecular weight excluding hydrogens is 402 g/mol. The van der Waals surface area contributed by atoms with Crippen LogP contribution in [0, 0.1) is 29.2 Å². The van der Waals surface area contributed by atoms with Gasteiger partial charge in [-0.05, 0) is 24.6 Å². The van der Waals surface area contributed by atoms with E-state index in [2.05, 4.69) is 4.74 Å². The largest absolute Gasteiger partial charge is 0.429 e. The maximum absolute atomic E-state index is 14.4. The van der Waals surface area contributed by atoms with Gasteiger partial charge in [0.1, 0.15) is 11.3 Å². The van der Waals surface area contributed by atoms with Crippen molar-refractivity contribution >= 4 is 0 Å². The molecule has 2 aromatic rings. The lowest BCUT2D eigenvalue weighted by atomic mass is 10.0. The molecule has 0 atom stereocenters. The highest BCUT2D eigenvalue weighted by Gasteiger charge is 2.40. The Balaban J connectivity index is 1.80. The fraction of sp³-hybridized carbons (Fsp3) is 0.400. The van der Waals surface area contributed by atoms with Crippen molar-refractivity contribution in [3.63, 3.8) is 0 Å². The van der Waals surface area contributed by atoms with Gasteiger partial charge in [0.05, 0.1) is 13.2 Å². The third-order valence-corrected chi connectivity index (χ3v) is 4.48. The van der Waals surface area contributed by atoms with Crippen molar-refractivity contribution in [1.29, 1.82) is 0 Å². The molecule has 1 heterocycles. The molecule has 0 amide bonds. The number of alkyl halides is 2. The minimum Gasteiger partial charge on any atom is -0.429 e. The second-order valence-corrected chi connectivity index (χ2v) is 6.68. The van der Waals surface area contributed by atoms with Gasteiger partial charge in [0.25, 0.3) is 0 Å². The van der Waals surface area contributed by atoms with Crippen LogP contribution in [0.25, 0.3) is 0 Å². The van der Waals surface area contributed by atoms with Gasteiger partial charge in [-0.15, -0.1) is 0 Å². The highest BCUT2D eigenvalue weighted by molar-refractivity contribution is 5.31. The third kappa shape index (κ3) is 4.67. The van der Waals surface area contributed by atoms with Gasteiger partial charge in [0.15, 0.2) is 29.6 Å². The molecule has 1 aliphatic rings. The smallest absolute Gasteiger partial charge is 0.429 e. The zero-order chi connectivity index (χ0) is 21.2. The van der Waals surface area contributed by atoms with Crippen molar-refractivity contribution in [2.75, 3.05) is 13.2 Å². The van der Waals surface area contributed by atoms with E-state index < -0.39 is 47.0 Å². The Labute approximate surface area is 163 Å². The van der Waals surface area contributed by atoms with Crippen LogP contribution in [0.5, 0.6) is 5.75 Å². The van der Waals surface area contributed by atoms with Gasteiger partial charge < -0.3 is 14.2 Å². The van der Waals surface area contributed by atoms with Gasteiger partial charge in [-0.1, -0.05) is 19.4 Å². The zero-order valence-corrected chi connectivity index (χ0v) is 15.4. The number of ether oxygens (including phenoxy) is 3. The third-order valence-electron chi connectivity index (χ3n) is 4.48. The molecule has 1 saturated heterocycles. The maximum atomic E-state index is 14.4. The van der Waals surface area contributed by atoms with E-state index >= 15 is 0 Å². The van der Waals surface area contributed by atoms with Crippen LogP contribution in [0.2, 0.25) is 0 Å². The van der Waals surface area contributed by atoms with E-state index in [1.807, 2.05) is 6.92 Å². The molecule has 0 radical (unpaired) electrons. The van der Waals surface area contributed by atoms with E-state index in [1.54, 1.807) is 0 Å². The predicted molar refractivity (Wildman–Crippen MR) is 90.3 cm³/mol. The number of benzene rings is 2. The molecule has 3 rings (SSSR count). The van der Waals surface area contributed by atoms with Gasteiger partial charge in [-0.2, -0.15) is 8.78 Å². The summed E-state index contributed by atoms with van der Waals surface area (Å²) in [6.07, 6.45) is -3.80. The van der Waals surface area contributed by atoms with Crippen LogP contribution >= 0.6 is 0 Å². The first-order chi connectivity index (χ1) is 13.7. The quantitative estimate of drug-likeness (QED) is 0.550. The van der Waals surface area contributed by atoms with Crippen LogP contribution in [-0.4, -0.2) is 13.2 Å². The van der Waals surface area contributed by atoms with Crippen LogP contribution in [-0.2, 0) is 15.6 Å². The SMILES string of the molecule is CCCC1COC(c2ccc(C(F)(F)Oc3ccc(F)c(F)c3)c(F)c2F)OC1. The first kappa shape index (κ1) is 21.4. The number of halogens is 6. The van der Waals surface area contributed by atoms with Crippen molar-refractivity contribution in [2.24, 2.45) is 5.92 Å². The van der Waals surface area contributed by atoms with Crippen molar-refractivity contribution in [2.45, 2.75) is 32.2 Å². The molecular formula is C20H18F6O3. The van der Waals surface area contributed by atoms with E-state index in [-0.39, 0.29) is 24.7 Å². The molecule has 1 aliphatic heterocycles. The summed E-state index contributed by atoms with van der Waals surface area (Å²) in [7, 11) is 0. The molecule has 158 valence electrons. The molecule has 0 bridgehead atoms. The second kappa shape index (κ2) is 8.62. The van der Waals surface area contributed by atoms with E-state index in [4.69, 9.17) is 9.47 Å². The summed E-state index contributed by atoms with van der Waals surface area (Å²) in [5.74, 6) is -6.73. The molecule has 2 aromatic carbocycles. The van der Waals surface area contributed by atoms with Crippen LogP contribution in [0.15, 0.2) is 30.3 Å². The molecule has 29 heavy (non-hydrogen) atoms. The van der Waals surface area contributed by atoms with Crippen LogP contribution < -0.4 is 4.74 Å². The lowest BCUT2D eigenvalue weighted by Gasteiger charge is -2.30. The average molecular weight is 420 g/mol. The Morgan fingerprint density at radius 1 is 0.966 bits per heavy atom. The molecule has 0 aliphatic carbocycles. The first-order valence-corrected chi connectivity index (χ1v) is 8.96. The summed E-state index contributed by atoms with van der Waals surface area (Å²) in [5.41, 5.74) is -1.76. The first-order valence-electron chi connectivity index (χ1n) is 8.96. The summed E-state index contributed by atoms with van der Waals surface area (Å²) in [6, 6.07) is 3.25. The van der Waals surface area contributed by atoms with Gasteiger partial charge in [0, 0.05) is 17.5 Å². The minimum atomic E-state index is -4.34. The predicted octanol–water partition coefficient (Wildman–Crippen LogP) is 5.83. The van der Waals surface area contributed by atoms with Crippen molar-refractivity contribution in [3.05, 3.63) is 64.7 Å². The van der Waals surface area contributed by atoms with Crippen LogP contribution in [0.4, 0.5) is 26.3 Å². The van der Waals surface area contributed by atoms with Crippen molar-refractivity contribution in [3.8, 4) is 5.75 Å². The molecule has 0 N–H and O–H groups in total. The Morgan fingerprint density at radius 2 is 1.66 bits per heavy atom. The van der Waals surface area contributed by atoms with Crippen molar-refractivity contribution in [1.82, 2.24) is 0 Å². The van der Waals surface area contributed by atoms with E-state index in [9.17, 15) is 26.3 Å². The molecule has 0 unspecified atom stereocenters. The van der Waals surface area contributed by atoms with E-state index in [0.717, 1.165) is 25.0 Å². The van der Waals surface area contributed by atoms with Gasteiger partial charge >= 0.3 is 6.11 Å². The van der Waals surface area contributed by atoms with Gasteiger partial charge in [-0.3, -0.25) is 0 Å². The lowest BCUT2D eigenvalue weighted by molar-refractivity contribution is -0.207. The topological polar surface area (TPSA) is 27.7 Å². The monoisotopic (exact) mass is 420 g/mol. The summed E-state index contributed by atoms with van der Waals surface area (Å²) < 4.78 is 98.6. The summed E-state index contributed by atoms with van der Waals surface area (Å²) in [6.45, 7) is 2.54. The molecule has 0 saturated carbocycles. The van der Waals surface area contributed by atoms with E-state index in [0.29, 0.717) is 18.2 Å². The average Bonchev–Trinajstić information content (AvgIpc) is 2.67. The Morgan fingerprint density at radius 3 is 2.28 bits per heavy atom. The highest BCUT2D eigenvalue weighted by atomic mass is 19.3. The number of hydrogen-bond acceptors (Lipinski definition) is 3. The molecule has 0 aromatic heterocycles. The summed E-state index contributed by atoms with van der Waals surface area (Å²) in [5, 5.41) is 0. The van der Waals surface area contributed by atoms with Crippen LogP contribution in [0.1, 0.15) is 37.2 Å². The molecule has 9 heteroatoms. The lowest BCUT2D eigenvalue weighted by Crippen LogP contribution is -2.28. The summed E-state index contributed by atoms with van der Waals surface area (Å²) >= 11 is 0. The second-order valence-electron chi connectivity index (χ2n) is 6.68. The Kier molecular flexibility index (Phi) is 6.38. The fourth-order valence-corrected chi connectivity index (χ4v) is 3.01.